The summed E-state index contributed by atoms with van der Waals surface area (Å²) in [5.41, 5.74) is 0.144. The normalized spacial score (nSPS) is 31.1. The molecule has 0 saturated carbocycles. The van der Waals surface area contributed by atoms with Gasteiger partial charge < -0.3 is 9.64 Å². The van der Waals surface area contributed by atoms with Gasteiger partial charge in [0, 0.05) is 6.54 Å². The average molecular weight is 247 g/mol. The van der Waals surface area contributed by atoms with Crippen LogP contribution in [0, 0.1) is 5.41 Å². The number of ether oxygens (including phenoxy) is 1. The van der Waals surface area contributed by atoms with Crippen molar-refractivity contribution in [1.29, 1.82) is 0 Å². The number of carbonyl (C=O) groups is 1. The van der Waals surface area contributed by atoms with Gasteiger partial charge in [-0.15, -0.1) is 0 Å². The topological polar surface area (TPSA) is 29.5 Å². The lowest BCUT2D eigenvalue weighted by Crippen LogP contribution is -2.66. The molecule has 18 heavy (non-hydrogen) atoms. The number of benzene rings is 1. The van der Waals surface area contributed by atoms with Crippen molar-refractivity contribution in [2.45, 2.75) is 25.9 Å². The monoisotopic (exact) mass is 247 g/mol. The van der Waals surface area contributed by atoms with E-state index in [1.54, 1.807) is 0 Å². The first-order valence-electron chi connectivity index (χ1n) is 6.40. The van der Waals surface area contributed by atoms with Crippen molar-refractivity contribution in [3.63, 3.8) is 0 Å². The Morgan fingerprint density at radius 1 is 1.22 bits per heavy atom. The van der Waals surface area contributed by atoms with Gasteiger partial charge in [0.25, 0.3) is 0 Å². The van der Waals surface area contributed by atoms with Crippen LogP contribution in [0.1, 0.15) is 25.8 Å². The van der Waals surface area contributed by atoms with Gasteiger partial charge in [-0.2, -0.15) is 0 Å². The molecule has 1 heterocycles. The summed E-state index contributed by atoms with van der Waals surface area (Å²) in [6, 6.07) is 10.1. The molecule has 1 saturated heterocycles. The molecule has 0 radical (unpaired) electrons. The van der Waals surface area contributed by atoms with Crippen LogP contribution >= 0.6 is 0 Å². The largest absolute Gasteiger partial charge is 0.451 e. The second-order valence-electron chi connectivity index (χ2n) is 5.51. The van der Waals surface area contributed by atoms with Crippen molar-refractivity contribution < 1.29 is 9.53 Å². The fraction of sp³-hybridized carbons (Fsp3) is 0.533. The minimum Gasteiger partial charge on any atom is -0.451 e. The zero-order valence-corrected chi connectivity index (χ0v) is 11.6. The summed E-state index contributed by atoms with van der Waals surface area (Å²) in [5.74, 6) is -0.0873. The van der Waals surface area contributed by atoms with Crippen LogP contribution in [-0.2, 0) is 15.1 Å². The molecule has 1 aromatic rings. The van der Waals surface area contributed by atoms with Crippen LogP contribution in [0.15, 0.2) is 30.3 Å². The molecule has 3 nitrogen and oxygen atoms in total. The number of nitrogens with zero attached hydrogens (tertiary/aromatic N) is 1. The van der Waals surface area contributed by atoms with Crippen LogP contribution in [0.5, 0.6) is 0 Å². The van der Waals surface area contributed by atoms with Gasteiger partial charge in [-0.05, 0) is 33.0 Å². The highest BCUT2D eigenvalue weighted by molar-refractivity contribution is 5.85. The second kappa shape index (κ2) is 4.39. The van der Waals surface area contributed by atoms with E-state index in [1.165, 1.54) is 0 Å². The molecule has 3 heteroatoms. The van der Waals surface area contributed by atoms with Gasteiger partial charge in [-0.25, -0.2) is 0 Å². The Morgan fingerprint density at radius 3 is 2.28 bits per heavy atom. The first-order valence-corrected chi connectivity index (χ1v) is 6.40. The molecule has 1 aromatic carbocycles. The van der Waals surface area contributed by atoms with E-state index in [0.717, 1.165) is 12.0 Å². The lowest BCUT2D eigenvalue weighted by Gasteiger charge is -2.56. The maximum absolute atomic E-state index is 11.9. The number of carbonyl (C=O) groups excluding carboxylic acids is 1. The van der Waals surface area contributed by atoms with Crippen LogP contribution in [0.4, 0.5) is 0 Å². The third kappa shape index (κ3) is 1.65. The van der Waals surface area contributed by atoms with E-state index in [4.69, 9.17) is 4.74 Å². The molecule has 2 rings (SSSR count). The summed E-state index contributed by atoms with van der Waals surface area (Å²) in [6.45, 7) is 4.77. The third-order valence-electron chi connectivity index (χ3n) is 4.09. The SMILES string of the molecule is CCC1(C)C(=O)OC1(CN(C)C)c1ccccc1. The van der Waals surface area contributed by atoms with E-state index in [0.29, 0.717) is 6.54 Å². The van der Waals surface area contributed by atoms with Crippen molar-refractivity contribution in [3.05, 3.63) is 35.9 Å². The lowest BCUT2D eigenvalue weighted by molar-refractivity contribution is -0.249. The predicted octanol–water partition coefficient (Wildman–Crippen LogP) is 2.42. The highest BCUT2D eigenvalue weighted by atomic mass is 16.6. The predicted molar refractivity (Wildman–Crippen MR) is 71.2 cm³/mol. The molecule has 0 bridgehead atoms. The Bertz CT molecular complexity index is 443. The second-order valence-corrected chi connectivity index (χ2v) is 5.51. The number of rotatable bonds is 4. The van der Waals surface area contributed by atoms with Crippen molar-refractivity contribution in [3.8, 4) is 0 Å². The Kier molecular flexibility index (Phi) is 3.20. The summed E-state index contributed by atoms with van der Waals surface area (Å²) >= 11 is 0. The molecule has 0 N–H and O–H groups in total. The van der Waals surface area contributed by atoms with Crippen molar-refractivity contribution in [1.82, 2.24) is 4.90 Å². The van der Waals surface area contributed by atoms with E-state index in [9.17, 15) is 4.79 Å². The average Bonchev–Trinajstić information content (AvgIpc) is 2.37. The number of hydrogen-bond donors (Lipinski definition) is 0. The summed E-state index contributed by atoms with van der Waals surface area (Å²) in [6.07, 6.45) is 0.786. The van der Waals surface area contributed by atoms with Gasteiger partial charge in [0.15, 0.2) is 5.60 Å². The third-order valence-corrected chi connectivity index (χ3v) is 4.09. The highest BCUT2D eigenvalue weighted by Gasteiger charge is 2.65. The molecule has 98 valence electrons. The van der Waals surface area contributed by atoms with Gasteiger partial charge in [0.05, 0.1) is 0 Å². The molecule has 0 aromatic heterocycles. The summed E-state index contributed by atoms with van der Waals surface area (Å²) in [4.78, 5) is 14.0. The van der Waals surface area contributed by atoms with Crippen molar-refractivity contribution >= 4 is 5.97 Å². The number of hydrogen-bond acceptors (Lipinski definition) is 3. The van der Waals surface area contributed by atoms with Gasteiger partial charge in [0.2, 0.25) is 0 Å². The smallest absolute Gasteiger partial charge is 0.317 e. The Hall–Kier alpha value is -1.35. The zero-order chi connectivity index (χ0) is 13.4. The minimum atomic E-state index is -0.510. The first-order chi connectivity index (χ1) is 8.46. The maximum Gasteiger partial charge on any atom is 0.317 e. The molecule has 1 aliphatic heterocycles. The molecular formula is C15H21NO2. The first kappa shape index (κ1) is 13.1. The molecule has 0 aliphatic carbocycles. The highest BCUT2D eigenvalue weighted by Crippen LogP contribution is 2.55. The fourth-order valence-electron chi connectivity index (χ4n) is 2.76. The minimum absolute atomic E-state index is 0.0873. The van der Waals surface area contributed by atoms with Crippen LogP contribution in [0.3, 0.4) is 0 Å². The van der Waals surface area contributed by atoms with Crippen LogP contribution in [0.2, 0.25) is 0 Å². The van der Waals surface area contributed by atoms with Crippen LogP contribution in [-0.4, -0.2) is 31.5 Å². The molecule has 1 aliphatic rings. The molecular weight excluding hydrogens is 226 g/mol. The van der Waals surface area contributed by atoms with Crippen LogP contribution < -0.4 is 0 Å². The number of likely N-dealkylation sites (N-methyl/N-ethyl adjacent to an activating group) is 1. The van der Waals surface area contributed by atoms with E-state index in [-0.39, 0.29) is 5.97 Å². The maximum atomic E-state index is 11.9. The van der Waals surface area contributed by atoms with Crippen molar-refractivity contribution in [2.24, 2.45) is 5.41 Å². The standard InChI is InChI=1S/C15H21NO2/c1-5-14(2)13(17)18-15(14,11-16(3)4)12-9-7-6-8-10-12/h6-10H,5,11H2,1-4H3. The Morgan fingerprint density at radius 2 is 1.83 bits per heavy atom. The molecule has 2 unspecified atom stereocenters. The van der Waals surface area contributed by atoms with Gasteiger partial charge in [-0.3, -0.25) is 4.79 Å². The van der Waals surface area contributed by atoms with E-state index in [2.05, 4.69) is 4.90 Å². The fourth-order valence-corrected chi connectivity index (χ4v) is 2.76. The quantitative estimate of drug-likeness (QED) is 0.765. The van der Waals surface area contributed by atoms with Crippen LogP contribution in [0.25, 0.3) is 0 Å². The van der Waals surface area contributed by atoms with Gasteiger partial charge in [-0.1, -0.05) is 37.3 Å². The molecule has 2 atom stereocenters. The summed E-state index contributed by atoms with van der Waals surface area (Å²) < 4.78 is 5.65. The van der Waals surface area contributed by atoms with E-state index in [1.807, 2.05) is 58.3 Å². The van der Waals surface area contributed by atoms with E-state index < -0.39 is 11.0 Å². The molecule has 0 amide bonds. The summed E-state index contributed by atoms with van der Waals surface area (Å²) in [7, 11) is 4.01. The molecule has 1 fully saturated rings. The summed E-state index contributed by atoms with van der Waals surface area (Å²) in [5, 5.41) is 0. The van der Waals surface area contributed by atoms with Gasteiger partial charge >= 0.3 is 5.97 Å². The Labute approximate surface area is 109 Å². The van der Waals surface area contributed by atoms with Gasteiger partial charge in [0.1, 0.15) is 5.41 Å². The number of cyclic esters (lactones) is 1. The number of esters is 1. The zero-order valence-electron chi connectivity index (χ0n) is 11.6. The molecule has 0 spiro atoms. The Balaban J connectivity index is 2.47. The van der Waals surface area contributed by atoms with Crippen molar-refractivity contribution in [2.75, 3.05) is 20.6 Å². The lowest BCUT2D eigenvalue weighted by atomic mass is 9.63. The van der Waals surface area contributed by atoms with E-state index >= 15 is 0 Å².